The third-order valence-corrected chi connectivity index (χ3v) is 3.62. The van der Waals surface area contributed by atoms with E-state index in [1.54, 1.807) is 6.07 Å². The smallest absolute Gasteiger partial charge is 0.252 e. The molecule has 0 aliphatic carbocycles. The summed E-state index contributed by atoms with van der Waals surface area (Å²) in [7, 11) is 0. The number of aryl methyl sites for hydroxylation is 1. The lowest BCUT2D eigenvalue weighted by Gasteiger charge is -2.17. The Morgan fingerprint density at radius 3 is 2.65 bits per heavy atom. The molecule has 1 unspecified atom stereocenters. The van der Waals surface area contributed by atoms with Crippen LogP contribution in [0.5, 0.6) is 0 Å². The molecule has 20 heavy (non-hydrogen) atoms. The average molecular weight is 334 g/mol. The zero-order valence-electron chi connectivity index (χ0n) is 11.1. The molecule has 0 radical (unpaired) electrons. The molecule has 0 spiro atoms. The average Bonchev–Trinajstić information content (AvgIpc) is 2.45. The van der Waals surface area contributed by atoms with Crippen LogP contribution in [0.15, 0.2) is 53.0 Å². The second-order valence-corrected chi connectivity index (χ2v) is 5.49. The van der Waals surface area contributed by atoms with Crippen LogP contribution in [-0.4, -0.2) is 17.6 Å². The number of benzene rings is 2. The first kappa shape index (κ1) is 14.8. The number of carbonyl (C=O) groups excluding carboxylic acids is 1. The summed E-state index contributed by atoms with van der Waals surface area (Å²) in [5, 5.41) is 12.4. The Morgan fingerprint density at radius 2 is 2.00 bits per heavy atom. The number of halogens is 1. The van der Waals surface area contributed by atoms with Crippen molar-refractivity contribution in [3.8, 4) is 0 Å². The molecular formula is C16H16BrNO2. The highest BCUT2D eigenvalue weighted by atomic mass is 79.9. The van der Waals surface area contributed by atoms with Crippen molar-refractivity contribution in [1.82, 2.24) is 5.32 Å². The quantitative estimate of drug-likeness (QED) is 0.902. The number of aliphatic hydroxyl groups is 1. The largest absolute Gasteiger partial charge is 0.394 e. The molecule has 0 aromatic heterocycles. The van der Waals surface area contributed by atoms with Crippen LogP contribution in [0.2, 0.25) is 0 Å². The van der Waals surface area contributed by atoms with E-state index in [1.807, 2.05) is 49.4 Å². The van der Waals surface area contributed by atoms with E-state index in [4.69, 9.17) is 0 Å². The van der Waals surface area contributed by atoms with Crippen molar-refractivity contribution in [1.29, 1.82) is 0 Å². The lowest BCUT2D eigenvalue weighted by Crippen LogP contribution is -2.31. The minimum absolute atomic E-state index is 0.145. The molecule has 1 atom stereocenters. The molecule has 4 heteroatoms. The molecule has 0 saturated heterocycles. The molecule has 0 saturated carbocycles. The predicted molar refractivity (Wildman–Crippen MR) is 82.6 cm³/mol. The maximum atomic E-state index is 12.3. The molecule has 0 aliphatic rings. The van der Waals surface area contributed by atoms with E-state index in [2.05, 4.69) is 21.2 Å². The van der Waals surface area contributed by atoms with Gasteiger partial charge >= 0.3 is 0 Å². The summed E-state index contributed by atoms with van der Waals surface area (Å²) in [4.78, 5) is 12.3. The molecule has 0 aliphatic heterocycles. The van der Waals surface area contributed by atoms with Crippen LogP contribution < -0.4 is 5.32 Å². The van der Waals surface area contributed by atoms with Gasteiger partial charge in [0, 0.05) is 10.0 Å². The normalized spacial score (nSPS) is 11.9. The highest BCUT2D eigenvalue weighted by Crippen LogP contribution is 2.19. The van der Waals surface area contributed by atoms with Crippen molar-refractivity contribution in [2.75, 3.05) is 6.61 Å². The van der Waals surface area contributed by atoms with Gasteiger partial charge in [-0.25, -0.2) is 0 Å². The Balaban J connectivity index is 2.19. The first-order valence-electron chi connectivity index (χ1n) is 6.34. The van der Waals surface area contributed by atoms with Crippen molar-refractivity contribution >= 4 is 21.8 Å². The van der Waals surface area contributed by atoms with Crippen molar-refractivity contribution < 1.29 is 9.90 Å². The van der Waals surface area contributed by atoms with Gasteiger partial charge in [-0.3, -0.25) is 4.79 Å². The molecule has 0 fully saturated rings. The number of hydrogen-bond donors (Lipinski definition) is 2. The second-order valence-electron chi connectivity index (χ2n) is 4.58. The van der Waals surface area contributed by atoms with Gasteiger partial charge in [-0.05, 0) is 36.2 Å². The maximum absolute atomic E-state index is 12.3. The van der Waals surface area contributed by atoms with Crippen LogP contribution in [0, 0.1) is 6.92 Å². The Labute approximate surface area is 126 Å². The zero-order chi connectivity index (χ0) is 14.5. The van der Waals surface area contributed by atoms with Crippen molar-refractivity contribution in [2.45, 2.75) is 13.0 Å². The minimum Gasteiger partial charge on any atom is -0.394 e. The highest BCUT2D eigenvalue weighted by molar-refractivity contribution is 9.10. The van der Waals surface area contributed by atoms with E-state index in [1.165, 1.54) is 0 Å². The Morgan fingerprint density at radius 1 is 1.25 bits per heavy atom. The van der Waals surface area contributed by atoms with Crippen molar-refractivity contribution in [2.24, 2.45) is 0 Å². The summed E-state index contributed by atoms with van der Waals surface area (Å²) in [5.74, 6) is -0.179. The minimum atomic E-state index is -0.417. The van der Waals surface area contributed by atoms with E-state index in [-0.39, 0.29) is 12.5 Å². The Kier molecular flexibility index (Phi) is 4.93. The van der Waals surface area contributed by atoms with Gasteiger partial charge in [0.1, 0.15) is 0 Å². The summed E-state index contributed by atoms with van der Waals surface area (Å²) >= 11 is 3.39. The van der Waals surface area contributed by atoms with E-state index in [0.717, 1.165) is 15.6 Å². The van der Waals surface area contributed by atoms with E-state index in [9.17, 15) is 9.90 Å². The molecule has 3 nitrogen and oxygen atoms in total. The monoisotopic (exact) mass is 333 g/mol. The van der Waals surface area contributed by atoms with Gasteiger partial charge in [-0.15, -0.1) is 0 Å². The van der Waals surface area contributed by atoms with Crippen LogP contribution in [0.25, 0.3) is 0 Å². The summed E-state index contributed by atoms with van der Waals surface area (Å²) in [6.07, 6.45) is 0. The summed E-state index contributed by atoms with van der Waals surface area (Å²) in [6, 6.07) is 14.5. The number of nitrogens with one attached hydrogen (secondary N) is 1. The molecular weight excluding hydrogens is 318 g/mol. The van der Waals surface area contributed by atoms with E-state index >= 15 is 0 Å². The second kappa shape index (κ2) is 6.68. The first-order valence-corrected chi connectivity index (χ1v) is 7.14. The Hall–Kier alpha value is -1.65. The molecule has 2 aromatic rings. The topological polar surface area (TPSA) is 49.3 Å². The lowest BCUT2D eigenvalue weighted by atomic mass is 10.1. The number of carbonyl (C=O) groups is 1. The van der Waals surface area contributed by atoms with Gasteiger partial charge in [-0.2, -0.15) is 0 Å². The third kappa shape index (κ3) is 3.46. The van der Waals surface area contributed by atoms with Crippen LogP contribution in [0.3, 0.4) is 0 Å². The van der Waals surface area contributed by atoms with Crippen molar-refractivity contribution in [3.63, 3.8) is 0 Å². The molecule has 104 valence electrons. The first-order chi connectivity index (χ1) is 9.61. The lowest BCUT2D eigenvalue weighted by molar-refractivity contribution is 0.0915. The molecule has 2 rings (SSSR count). The van der Waals surface area contributed by atoms with Gasteiger partial charge in [0.25, 0.3) is 5.91 Å². The van der Waals surface area contributed by atoms with Gasteiger partial charge in [-0.1, -0.05) is 46.3 Å². The molecule has 2 N–H and O–H groups in total. The van der Waals surface area contributed by atoms with Gasteiger partial charge < -0.3 is 10.4 Å². The molecule has 0 bridgehead atoms. The highest BCUT2D eigenvalue weighted by Gasteiger charge is 2.16. The van der Waals surface area contributed by atoms with Gasteiger partial charge in [0.15, 0.2) is 0 Å². The summed E-state index contributed by atoms with van der Waals surface area (Å²) < 4.78 is 0.915. The van der Waals surface area contributed by atoms with Crippen LogP contribution in [0.1, 0.15) is 27.5 Å². The van der Waals surface area contributed by atoms with Crippen LogP contribution in [-0.2, 0) is 0 Å². The van der Waals surface area contributed by atoms with E-state index in [0.29, 0.717) is 5.56 Å². The van der Waals surface area contributed by atoms with Crippen LogP contribution in [0.4, 0.5) is 0 Å². The van der Waals surface area contributed by atoms with Crippen molar-refractivity contribution in [3.05, 3.63) is 69.7 Å². The maximum Gasteiger partial charge on any atom is 0.252 e. The van der Waals surface area contributed by atoms with E-state index < -0.39 is 6.04 Å². The summed E-state index contributed by atoms with van der Waals surface area (Å²) in [6.45, 7) is 1.75. The third-order valence-electron chi connectivity index (χ3n) is 3.13. The number of aliphatic hydroxyl groups excluding tert-OH is 1. The van der Waals surface area contributed by atoms with Gasteiger partial charge in [0.05, 0.1) is 12.6 Å². The fraction of sp³-hybridized carbons (Fsp3) is 0.188. The summed E-state index contributed by atoms with van der Waals surface area (Å²) in [5.41, 5.74) is 2.40. The molecule has 1 amide bonds. The zero-order valence-corrected chi connectivity index (χ0v) is 12.7. The fourth-order valence-corrected chi connectivity index (χ4v) is 2.44. The number of amides is 1. The number of rotatable bonds is 4. The fourth-order valence-electron chi connectivity index (χ4n) is 2.02. The van der Waals surface area contributed by atoms with Crippen LogP contribution >= 0.6 is 15.9 Å². The number of hydrogen-bond acceptors (Lipinski definition) is 2. The predicted octanol–water partition coefficient (Wildman–Crippen LogP) is 3.22. The van der Waals surface area contributed by atoms with Gasteiger partial charge in [0.2, 0.25) is 0 Å². The SMILES string of the molecule is Cc1ccccc1C(=O)NC(CO)c1cccc(Br)c1. The standard InChI is InChI=1S/C16H16BrNO2/c1-11-5-2-3-8-14(11)16(20)18-15(10-19)12-6-4-7-13(17)9-12/h2-9,15,19H,10H2,1H3,(H,18,20). The molecule has 0 heterocycles. The molecule has 2 aromatic carbocycles. The Bertz CT molecular complexity index is 613.